The van der Waals surface area contributed by atoms with Gasteiger partial charge in [-0.1, -0.05) is 64.1 Å². The fraction of sp³-hybridized carbons (Fsp3) is 0.778. The third kappa shape index (κ3) is 4.91. The zero-order valence-electron chi connectivity index (χ0n) is 27.1. The standard InChI is InChI=1S/C36H56O5Si/c1-8-25(38)17-13-12-14-23(2)36(24-15-10-9-11-16-24)35(41-36)22-29-27-20-26(40-42(6,7)34(3,4)5)21-28(27)32-33(39-32)31(29)30(35)18-19-37/h9-11,14-16,25-33,37-38H,8,12-13,17-22H2,1-7H3/b23-14+/t25-,26-,27+,28+,29-,30-,31+,32+,33-,35-,36+/m0/s1. The summed E-state index contributed by atoms with van der Waals surface area (Å²) in [6, 6.07) is 10.8. The molecule has 2 heterocycles. The Morgan fingerprint density at radius 2 is 1.83 bits per heavy atom. The Kier molecular flexibility index (Phi) is 8.19. The minimum absolute atomic E-state index is 0.185. The Morgan fingerprint density at radius 3 is 2.50 bits per heavy atom. The molecule has 2 aliphatic heterocycles. The first kappa shape index (κ1) is 31.0. The summed E-state index contributed by atoms with van der Waals surface area (Å²) in [6.45, 7) is 16.3. The fourth-order valence-corrected chi connectivity index (χ4v) is 10.9. The van der Waals surface area contributed by atoms with Crippen LogP contribution in [0.25, 0.3) is 0 Å². The van der Waals surface area contributed by atoms with E-state index in [0.717, 1.165) is 51.4 Å². The Bertz CT molecular complexity index is 1150. The number of ether oxygens (including phenoxy) is 2. The summed E-state index contributed by atoms with van der Waals surface area (Å²) >= 11 is 0. The molecule has 6 heteroatoms. The summed E-state index contributed by atoms with van der Waals surface area (Å²) in [4.78, 5) is 0. The number of benzene rings is 1. The summed E-state index contributed by atoms with van der Waals surface area (Å²) < 4.78 is 20.8. The molecule has 1 aromatic carbocycles. The van der Waals surface area contributed by atoms with Crippen LogP contribution >= 0.6 is 0 Å². The van der Waals surface area contributed by atoms with Gasteiger partial charge in [-0.3, -0.25) is 0 Å². The van der Waals surface area contributed by atoms with Crippen LogP contribution in [0.4, 0.5) is 0 Å². The molecule has 5 aliphatic rings. The molecule has 1 aromatic rings. The van der Waals surface area contributed by atoms with Crippen LogP contribution < -0.4 is 0 Å². The molecule has 0 bridgehead atoms. The van der Waals surface area contributed by atoms with Gasteiger partial charge in [0, 0.05) is 12.7 Å². The highest BCUT2D eigenvalue weighted by molar-refractivity contribution is 6.74. The molecule has 234 valence electrons. The van der Waals surface area contributed by atoms with E-state index in [0.29, 0.717) is 42.0 Å². The smallest absolute Gasteiger partial charge is 0.192 e. The second kappa shape index (κ2) is 11.1. The van der Waals surface area contributed by atoms with Crippen LogP contribution in [-0.4, -0.2) is 55.2 Å². The lowest BCUT2D eigenvalue weighted by Gasteiger charge is -2.38. The van der Waals surface area contributed by atoms with Crippen molar-refractivity contribution in [2.75, 3.05) is 6.61 Å². The number of hydrogen-bond acceptors (Lipinski definition) is 5. The highest BCUT2D eigenvalue weighted by Gasteiger charge is 2.82. The van der Waals surface area contributed by atoms with Crippen LogP contribution in [0.2, 0.25) is 18.1 Å². The third-order valence-corrected chi connectivity index (χ3v) is 17.2. The Morgan fingerprint density at radius 1 is 1.12 bits per heavy atom. The number of unbranched alkanes of at least 4 members (excludes halogenated alkanes) is 1. The van der Waals surface area contributed by atoms with Crippen molar-refractivity contribution >= 4 is 8.32 Å². The predicted octanol–water partition coefficient (Wildman–Crippen LogP) is 7.37. The van der Waals surface area contributed by atoms with Gasteiger partial charge in [-0.25, -0.2) is 0 Å². The Balaban J connectivity index is 1.30. The summed E-state index contributed by atoms with van der Waals surface area (Å²) in [5, 5.41) is 20.7. The second-order valence-corrected chi connectivity index (χ2v) is 20.6. The highest BCUT2D eigenvalue weighted by atomic mass is 28.4. The topological polar surface area (TPSA) is 74.8 Å². The SMILES string of the molecule is CC[C@H](O)CCC/C=C(\C)[C@]1(c2ccccc2)O[C@]12C[C@H]1[C@@H]3C[C@H](O[Si](C)(C)C(C)(C)C)C[C@H]3[C@H]3O[C@H]3[C@H]1[C@@H]2CCO. The summed E-state index contributed by atoms with van der Waals surface area (Å²) in [5.41, 5.74) is 1.77. The number of hydrogen-bond donors (Lipinski definition) is 2. The van der Waals surface area contributed by atoms with Crippen LogP contribution in [0.3, 0.4) is 0 Å². The molecule has 3 aliphatic carbocycles. The zero-order chi connectivity index (χ0) is 30.1. The molecule has 6 rings (SSSR count). The van der Waals surface area contributed by atoms with E-state index in [-0.39, 0.29) is 29.3 Å². The molecule has 5 nitrogen and oxygen atoms in total. The van der Waals surface area contributed by atoms with E-state index >= 15 is 0 Å². The van der Waals surface area contributed by atoms with Gasteiger partial charge < -0.3 is 24.1 Å². The Hall–Kier alpha value is -1.02. The van der Waals surface area contributed by atoms with Gasteiger partial charge in [0.15, 0.2) is 8.32 Å². The molecule has 42 heavy (non-hydrogen) atoms. The van der Waals surface area contributed by atoms with Crippen molar-refractivity contribution < 1.29 is 24.1 Å². The van der Waals surface area contributed by atoms with Gasteiger partial charge in [0.2, 0.25) is 0 Å². The average Bonchev–Trinajstić information content (AvgIpc) is 3.79. The van der Waals surface area contributed by atoms with Crippen LogP contribution in [0.5, 0.6) is 0 Å². The number of fused-ring (bicyclic) bond motifs is 6. The number of aliphatic hydroxyl groups excluding tert-OH is 2. The van der Waals surface area contributed by atoms with Gasteiger partial charge in [-0.15, -0.1) is 0 Å². The molecule has 0 aromatic heterocycles. The average molecular weight is 597 g/mol. The summed E-state index contributed by atoms with van der Waals surface area (Å²) in [5.74, 6) is 2.44. The number of allylic oxidation sites excluding steroid dienone is 1. The Labute approximate surface area is 255 Å². The van der Waals surface area contributed by atoms with Crippen LogP contribution in [0, 0.1) is 29.6 Å². The quantitative estimate of drug-likeness (QED) is 0.121. The first-order valence-corrected chi connectivity index (χ1v) is 19.9. The molecule has 2 saturated heterocycles. The number of epoxide rings is 2. The lowest BCUT2D eigenvalue weighted by molar-refractivity contribution is 0.118. The van der Waals surface area contributed by atoms with Crippen LogP contribution in [-0.2, 0) is 19.5 Å². The van der Waals surface area contributed by atoms with Gasteiger partial charge in [0.25, 0.3) is 0 Å². The maximum Gasteiger partial charge on any atom is 0.192 e. The van der Waals surface area contributed by atoms with E-state index in [9.17, 15) is 10.2 Å². The molecule has 3 saturated carbocycles. The van der Waals surface area contributed by atoms with E-state index < -0.39 is 13.9 Å². The molecule has 11 atom stereocenters. The molecule has 2 N–H and O–H groups in total. The first-order valence-electron chi connectivity index (χ1n) is 17.0. The molecular formula is C36H56O5Si. The van der Waals surface area contributed by atoms with E-state index in [1.165, 1.54) is 11.1 Å². The summed E-state index contributed by atoms with van der Waals surface area (Å²) in [6.07, 6.45) is 10.8. The van der Waals surface area contributed by atoms with E-state index in [2.05, 4.69) is 77.2 Å². The molecule has 1 spiro atoms. The zero-order valence-corrected chi connectivity index (χ0v) is 28.1. The largest absolute Gasteiger partial charge is 0.414 e. The molecule has 0 amide bonds. The van der Waals surface area contributed by atoms with Crippen LogP contribution in [0.1, 0.15) is 91.5 Å². The van der Waals surface area contributed by atoms with Crippen molar-refractivity contribution in [2.45, 2.75) is 140 Å². The highest BCUT2D eigenvalue weighted by Crippen LogP contribution is 2.76. The first-order chi connectivity index (χ1) is 19.9. The predicted molar refractivity (Wildman–Crippen MR) is 170 cm³/mol. The fourth-order valence-electron chi connectivity index (χ4n) is 9.53. The van der Waals surface area contributed by atoms with Crippen molar-refractivity contribution in [1.82, 2.24) is 0 Å². The van der Waals surface area contributed by atoms with Crippen molar-refractivity contribution in [3.05, 3.63) is 47.5 Å². The molecular weight excluding hydrogens is 540 g/mol. The maximum atomic E-state index is 10.4. The van der Waals surface area contributed by atoms with E-state index in [1.54, 1.807) is 0 Å². The lowest BCUT2D eigenvalue weighted by Crippen LogP contribution is -2.43. The second-order valence-electron chi connectivity index (χ2n) is 15.8. The minimum atomic E-state index is -1.85. The van der Waals surface area contributed by atoms with E-state index in [4.69, 9.17) is 13.9 Å². The molecule has 0 radical (unpaired) electrons. The van der Waals surface area contributed by atoms with Crippen molar-refractivity contribution in [1.29, 1.82) is 0 Å². The van der Waals surface area contributed by atoms with Crippen LogP contribution in [0.15, 0.2) is 42.0 Å². The minimum Gasteiger partial charge on any atom is -0.414 e. The van der Waals surface area contributed by atoms with Crippen molar-refractivity contribution in [3.8, 4) is 0 Å². The van der Waals surface area contributed by atoms with Crippen molar-refractivity contribution in [2.24, 2.45) is 29.6 Å². The van der Waals surface area contributed by atoms with Gasteiger partial charge in [-0.05, 0) is 117 Å². The van der Waals surface area contributed by atoms with Gasteiger partial charge >= 0.3 is 0 Å². The van der Waals surface area contributed by atoms with Gasteiger partial charge in [0.1, 0.15) is 11.2 Å². The maximum absolute atomic E-state index is 10.4. The number of aliphatic hydroxyl groups is 2. The van der Waals surface area contributed by atoms with Crippen molar-refractivity contribution in [3.63, 3.8) is 0 Å². The molecule has 0 unspecified atom stereocenters. The number of rotatable bonds is 11. The normalized spacial score (nSPS) is 41.4. The van der Waals surface area contributed by atoms with E-state index in [1.807, 2.05) is 6.92 Å². The summed E-state index contributed by atoms with van der Waals surface area (Å²) in [7, 11) is -1.85. The van der Waals surface area contributed by atoms with Gasteiger partial charge in [-0.2, -0.15) is 0 Å². The third-order valence-electron chi connectivity index (χ3n) is 12.6. The van der Waals surface area contributed by atoms with Gasteiger partial charge in [0.05, 0.1) is 18.3 Å². The molecule has 5 fully saturated rings. The lowest BCUT2D eigenvalue weighted by atomic mass is 9.67. The monoisotopic (exact) mass is 596 g/mol.